The molecule has 0 saturated carbocycles. The smallest absolute Gasteiger partial charge is 0.162 e. The summed E-state index contributed by atoms with van der Waals surface area (Å²) in [5.41, 5.74) is 4.97. The van der Waals surface area contributed by atoms with Crippen molar-refractivity contribution in [3.05, 3.63) is 79.3 Å². The van der Waals surface area contributed by atoms with E-state index in [2.05, 4.69) is 46.4 Å². The molecule has 0 amide bonds. The minimum absolute atomic E-state index is 0.662. The number of nitrogens with zero attached hydrogens (tertiary/aromatic N) is 4. The van der Waals surface area contributed by atoms with Gasteiger partial charge < -0.3 is 9.64 Å². The average Bonchev–Trinajstić information content (AvgIpc) is 3.26. The molecule has 7 heteroatoms. The van der Waals surface area contributed by atoms with E-state index in [1.54, 1.807) is 0 Å². The summed E-state index contributed by atoms with van der Waals surface area (Å²) in [5, 5.41) is 12.7. The van der Waals surface area contributed by atoms with Crippen LogP contribution in [0, 0.1) is 0 Å². The summed E-state index contributed by atoms with van der Waals surface area (Å²) in [6.45, 7) is 1.54. The number of hydrogen-bond acceptors (Lipinski definition) is 6. The third-order valence-electron chi connectivity index (χ3n) is 5.65. The number of aromatic nitrogens is 3. The highest BCUT2D eigenvalue weighted by atomic mass is 32.2. The van der Waals surface area contributed by atoms with Gasteiger partial charge in [-0.15, -0.1) is 0 Å². The number of nitrogens with two attached hydrogens (primary N) is 1. The predicted molar refractivity (Wildman–Crippen MR) is 135 cm³/mol. The number of rotatable bonds is 7. The Morgan fingerprint density at radius 3 is 2.45 bits per heavy atom. The predicted octanol–water partition coefficient (Wildman–Crippen LogP) is 5.12. The van der Waals surface area contributed by atoms with Crippen molar-refractivity contribution >= 4 is 28.4 Å². The minimum atomic E-state index is 0.662. The highest BCUT2D eigenvalue weighted by Crippen LogP contribution is 2.35. The summed E-state index contributed by atoms with van der Waals surface area (Å²) in [6.07, 6.45) is 5.79. The van der Waals surface area contributed by atoms with Crippen molar-refractivity contribution in [3.8, 4) is 28.0 Å². The molecule has 166 valence electrons. The number of benzene rings is 3. The van der Waals surface area contributed by atoms with Crippen LogP contribution in [0.3, 0.4) is 0 Å². The first kappa shape index (κ1) is 21.5. The van der Waals surface area contributed by atoms with E-state index < -0.39 is 0 Å². The van der Waals surface area contributed by atoms with Gasteiger partial charge in [0, 0.05) is 35.0 Å². The molecule has 0 aliphatic heterocycles. The van der Waals surface area contributed by atoms with Gasteiger partial charge in [-0.05, 0) is 66.1 Å². The van der Waals surface area contributed by atoms with Gasteiger partial charge in [0.1, 0.15) is 12.4 Å². The van der Waals surface area contributed by atoms with Crippen LogP contribution >= 0.6 is 11.9 Å². The van der Waals surface area contributed by atoms with Crippen molar-refractivity contribution in [1.29, 1.82) is 0 Å². The number of likely N-dealkylation sites (N-methyl/N-ethyl adjacent to an activating group) is 1. The van der Waals surface area contributed by atoms with Crippen molar-refractivity contribution < 1.29 is 4.74 Å². The van der Waals surface area contributed by atoms with Crippen LogP contribution in [-0.4, -0.2) is 46.7 Å². The van der Waals surface area contributed by atoms with Gasteiger partial charge >= 0.3 is 0 Å². The molecule has 0 spiro atoms. The summed E-state index contributed by atoms with van der Waals surface area (Å²) in [7, 11) is 4.07. The van der Waals surface area contributed by atoms with E-state index in [1.807, 2.05) is 61.5 Å². The van der Waals surface area contributed by atoms with Crippen LogP contribution in [0.25, 0.3) is 38.7 Å². The molecule has 5 rings (SSSR count). The molecule has 0 aliphatic carbocycles. The molecule has 6 nitrogen and oxygen atoms in total. The van der Waals surface area contributed by atoms with Gasteiger partial charge in [0.2, 0.25) is 0 Å². The minimum Gasteiger partial charge on any atom is -0.492 e. The molecule has 3 aromatic carbocycles. The highest BCUT2D eigenvalue weighted by molar-refractivity contribution is 7.97. The van der Waals surface area contributed by atoms with Crippen LogP contribution in [-0.2, 0) is 0 Å². The zero-order valence-electron chi connectivity index (χ0n) is 18.6. The standard InChI is InChI=1S/C26H25N5OS/c1-30(2)13-14-32-20-9-7-18(8-10-20)19-15-28-26-24(16-29-31(26)17-19)22-11-12-25(33-27)23-6-4-3-5-21(22)23/h3-12,15-17H,13-14,27H2,1-2H3. The molecule has 2 N–H and O–H groups in total. The zero-order valence-corrected chi connectivity index (χ0v) is 19.4. The Balaban J connectivity index is 1.46. The van der Waals surface area contributed by atoms with Crippen LogP contribution in [0.4, 0.5) is 0 Å². The molecule has 2 aromatic heterocycles. The van der Waals surface area contributed by atoms with E-state index in [-0.39, 0.29) is 0 Å². The van der Waals surface area contributed by atoms with E-state index in [4.69, 9.17) is 14.9 Å². The topological polar surface area (TPSA) is 68.7 Å². The lowest BCUT2D eigenvalue weighted by molar-refractivity contribution is 0.261. The largest absolute Gasteiger partial charge is 0.492 e. The lowest BCUT2D eigenvalue weighted by atomic mass is 10.00. The summed E-state index contributed by atoms with van der Waals surface area (Å²) < 4.78 is 7.64. The van der Waals surface area contributed by atoms with E-state index >= 15 is 0 Å². The van der Waals surface area contributed by atoms with E-state index in [1.165, 1.54) is 11.9 Å². The van der Waals surface area contributed by atoms with Crippen LogP contribution in [0.2, 0.25) is 0 Å². The molecule has 0 radical (unpaired) electrons. The Kier molecular flexibility index (Phi) is 6.00. The van der Waals surface area contributed by atoms with Gasteiger partial charge in [0.05, 0.1) is 6.20 Å². The Morgan fingerprint density at radius 1 is 0.909 bits per heavy atom. The van der Waals surface area contributed by atoms with Gasteiger partial charge in [0.25, 0.3) is 0 Å². The van der Waals surface area contributed by atoms with E-state index in [0.717, 1.165) is 55.9 Å². The summed E-state index contributed by atoms with van der Waals surface area (Å²) in [6, 6.07) is 20.5. The van der Waals surface area contributed by atoms with Crippen LogP contribution in [0.1, 0.15) is 0 Å². The second kappa shape index (κ2) is 9.23. The highest BCUT2D eigenvalue weighted by Gasteiger charge is 2.14. The van der Waals surface area contributed by atoms with Gasteiger partial charge in [-0.2, -0.15) is 5.10 Å². The quantitative estimate of drug-likeness (QED) is 0.344. The number of fused-ring (bicyclic) bond motifs is 2. The molecule has 0 bridgehead atoms. The normalized spacial score (nSPS) is 11.5. The van der Waals surface area contributed by atoms with Gasteiger partial charge in [0.15, 0.2) is 5.65 Å². The molecular weight excluding hydrogens is 430 g/mol. The molecule has 2 heterocycles. The third-order valence-corrected chi connectivity index (χ3v) is 6.26. The lowest BCUT2D eigenvalue weighted by Gasteiger charge is -2.11. The van der Waals surface area contributed by atoms with Gasteiger partial charge in [-0.25, -0.2) is 9.50 Å². The SMILES string of the molecule is CN(C)CCOc1ccc(-c2cnc3c(-c4ccc(SN)c5ccccc45)cnn3c2)cc1. The van der Waals surface area contributed by atoms with Crippen molar-refractivity contribution in [1.82, 2.24) is 19.5 Å². The summed E-state index contributed by atoms with van der Waals surface area (Å²) in [4.78, 5) is 7.92. The summed E-state index contributed by atoms with van der Waals surface area (Å²) >= 11 is 1.27. The third kappa shape index (κ3) is 4.30. The maximum atomic E-state index is 5.87. The second-order valence-electron chi connectivity index (χ2n) is 8.12. The molecule has 0 fully saturated rings. The maximum absolute atomic E-state index is 5.87. The molecule has 0 unspecified atom stereocenters. The average molecular weight is 456 g/mol. The fourth-order valence-electron chi connectivity index (χ4n) is 3.91. The molecule has 0 saturated heterocycles. The second-order valence-corrected chi connectivity index (χ2v) is 8.80. The number of ether oxygens (including phenoxy) is 1. The van der Waals surface area contributed by atoms with Crippen LogP contribution in [0.5, 0.6) is 5.75 Å². The van der Waals surface area contributed by atoms with Crippen LogP contribution in [0.15, 0.2) is 84.1 Å². The Morgan fingerprint density at radius 2 is 1.70 bits per heavy atom. The van der Waals surface area contributed by atoms with Crippen LogP contribution < -0.4 is 9.88 Å². The van der Waals surface area contributed by atoms with E-state index in [0.29, 0.717) is 6.61 Å². The van der Waals surface area contributed by atoms with Crippen molar-refractivity contribution in [3.63, 3.8) is 0 Å². The summed E-state index contributed by atoms with van der Waals surface area (Å²) in [5.74, 6) is 0.863. The fraction of sp³-hybridized carbons (Fsp3) is 0.154. The Bertz CT molecular complexity index is 1410. The maximum Gasteiger partial charge on any atom is 0.162 e. The lowest BCUT2D eigenvalue weighted by Crippen LogP contribution is -2.19. The monoisotopic (exact) mass is 455 g/mol. The van der Waals surface area contributed by atoms with Crippen molar-refractivity contribution in [2.24, 2.45) is 5.14 Å². The van der Waals surface area contributed by atoms with Gasteiger partial charge in [-0.3, -0.25) is 5.14 Å². The first-order valence-electron chi connectivity index (χ1n) is 10.7. The molecule has 0 atom stereocenters. The van der Waals surface area contributed by atoms with Crippen molar-refractivity contribution in [2.45, 2.75) is 4.90 Å². The molecular formula is C26H25N5OS. The molecule has 5 aromatic rings. The first-order chi connectivity index (χ1) is 16.1. The first-order valence-corrected chi connectivity index (χ1v) is 11.6. The molecule has 33 heavy (non-hydrogen) atoms. The van der Waals surface area contributed by atoms with Gasteiger partial charge in [-0.1, -0.05) is 42.5 Å². The van der Waals surface area contributed by atoms with E-state index in [9.17, 15) is 0 Å². The Labute approximate surface area is 197 Å². The zero-order chi connectivity index (χ0) is 22.8. The fourth-order valence-corrected chi connectivity index (χ4v) is 4.36. The Hall–Kier alpha value is -3.39. The molecule has 0 aliphatic rings. The number of hydrogen-bond donors (Lipinski definition) is 1. The van der Waals surface area contributed by atoms with Crippen molar-refractivity contribution in [2.75, 3.05) is 27.2 Å².